The van der Waals surface area contributed by atoms with Gasteiger partial charge in [-0.3, -0.25) is 0 Å². The van der Waals surface area contributed by atoms with Gasteiger partial charge < -0.3 is 14.3 Å². The Morgan fingerprint density at radius 3 is 2.39 bits per heavy atom. The first-order valence-corrected chi connectivity index (χ1v) is 13.2. The Morgan fingerprint density at radius 1 is 0.816 bits per heavy atom. The van der Waals surface area contributed by atoms with Crippen LogP contribution in [-0.2, 0) is 4.74 Å². The quantitative estimate of drug-likeness (QED) is 0.155. The minimum Gasteiger partial charge on any atom is -0.494 e. The van der Waals surface area contributed by atoms with E-state index < -0.39 is 5.97 Å². The molecule has 0 aliphatic rings. The van der Waals surface area contributed by atoms with Crippen molar-refractivity contribution >= 4 is 28.3 Å². The molecule has 194 valence electrons. The minimum absolute atomic E-state index is 0.362. The van der Waals surface area contributed by atoms with Gasteiger partial charge >= 0.3 is 5.97 Å². The number of nitrogens with zero attached hydrogens (tertiary/aromatic N) is 5. The number of aromatic nitrogens is 5. The SMILES string of the molecule is COCCCCCCOc1ccc(-c2nnc(-c3ccccc3C(=O)On3nnc4ccccc43)s2)cc1. The van der Waals surface area contributed by atoms with Crippen molar-refractivity contribution in [3.8, 4) is 26.9 Å². The molecule has 0 saturated carbocycles. The minimum atomic E-state index is -0.562. The summed E-state index contributed by atoms with van der Waals surface area (Å²) in [6.45, 7) is 1.50. The van der Waals surface area contributed by atoms with E-state index in [0.717, 1.165) is 53.5 Å². The summed E-state index contributed by atoms with van der Waals surface area (Å²) in [6.07, 6.45) is 4.37. The van der Waals surface area contributed by atoms with Crippen LogP contribution in [0.4, 0.5) is 0 Å². The maximum atomic E-state index is 13.1. The normalized spacial score (nSPS) is 11.1. The number of hydrogen-bond acceptors (Lipinski definition) is 9. The summed E-state index contributed by atoms with van der Waals surface area (Å²) in [5, 5.41) is 18.0. The van der Waals surface area contributed by atoms with Crippen LogP contribution >= 0.6 is 11.3 Å². The topological polar surface area (TPSA) is 101 Å². The molecule has 0 amide bonds. The van der Waals surface area contributed by atoms with Gasteiger partial charge in [0.05, 0.1) is 12.2 Å². The van der Waals surface area contributed by atoms with Crippen LogP contribution in [-0.4, -0.2) is 51.6 Å². The van der Waals surface area contributed by atoms with Gasteiger partial charge in [-0.25, -0.2) is 4.79 Å². The molecule has 0 aliphatic carbocycles. The Labute approximate surface area is 224 Å². The molecule has 5 aromatic rings. The van der Waals surface area contributed by atoms with Crippen LogP contribution in [0.1, 0.15) is 36.0 Å². The Morgan fingerprint density at radius 2 is 1.55 bits per heavy atom. The number of para-hydroxylation sites is 1. The molecule has 0 fully saturated rings. The smallest absolute Gasteiger partial charge is 0.366 e. The Kier molecular flexibility index (Phi) is 8.32. The van der Waals surface area contributed by atoms with E-state index >= 15 is 0 Å². The predicted octanol–water partition coefficient (Wildman–Crippen LogP) is 5.47. The van der Waals surface area contributed by atoms with Gasteiger partial charge in [-0.2, -0.15) is 0 Å². The molecule has 2 aromatic heterocycles. The van der Waals surface area contributed by atoms with Crippen molar-refractivity contribution in [3.63, 3.8) is 0 Å². The van der Waals surface area contributed by atoms with Gasteiger partial charge in [0.15, 0.2) is 0 Å². The molecule has 0 radical (unpaired) electrons. The first kappa shape index (κ1) is 25.5. The van der Waals surface area contributed by atoms with Crippen LogP contribution < -0.4 is 9.57 Å². The van der Waals surface area contributed by atoms with Crippen molar-refractivity contribution in [2.24, 2.45) is 0 Å². The Balaban J connectivity index is 1.24. The maximum absolute atomic E-state index is 13.1. The van der Waals surface area contributed by atoms with Gasteiger partial charge in [-0.05, 0) is 66.9 Å². The Hall–Kier alpha value is -4.15. The van der Waals surface area contributed by atoms with E-state index in [1.807, 2.05) is 48.5 Å². The number of ether oxygens (including phenoxy) is 2. The highest BCUT2D eigenvalue weighted by molar-refractivity contribution is 7.18. The van der Waals surface area contributed by atoms with Gasteiger partial charge in [0.2, 0.25) is 0 Å². The lowest BCUT2D eigenvalue weighted by atomic mass is 10.1. The zero-order valence-corrected chi connectivity index (χ0v) is 21.8. The number of carbonyl (C=O) groups is 1. The summed E-state index contributed by atoms with van der Waals surface area (Å²) < 4.78 is 10.9. The molecule has 10 heteroatoms. The van der Waals surface area contributed by atoms with Gasteiger partial charge in [0.1, 0.15) is 26.8 Å². The summed E-state index contributed by atoms with van der Waals surface area (Å²) in [5.74, 6) is 0.261. The fourth-order valence-corrected chi connectivity index (χ4v) is 4.81. The molecule has 0 atom stereocenters. The van der Waals surface area contributed by atoms with Crippen LogP contribution in [0, 0.1) is 0 Å². The lowest BCUT2D eigenvalue weighted by Crippen LogP contribution is -2.21. The van der Waals surface area contributed by atoms with Crippen molar-refractivity contribution in [2.45, 2.75) is 25.7 Å². The summed E-state index contributed by atoms with van der Waals surface area (Å²) in [7, 11) is 1.73. The monoisotopic (exact) mass is 529 g/mol. The standard InChI is InChI=1S/C28H27N5O4S/c1-35-18-8-2-3-9-19-36-21-16-14-20(15-17-21)26-30-31-27(38-26)22-10-4-5-11-23(22)28(34)37-33-25-13-7-6-12-24(25)29-32-33/h4-7,10-17H,2-3,8-9,18-19H2,1H3. The molecular formula is C28H27N5O4S. The number of carbonyl (C=O) groups excluding carboxylic acids is 1. The van der Waals surface area contributed by atoms with E-state index in [-0.39, 0.29) is 0 Å². The van der Waals surface area contributed by atoms with E-state index in [0.29, 0.717) is 33.8 Å². The first-order valence-electron chi connectivity index (χ1n) is 12.4. The van der Waals surface area contributed by atoms with Gasteiger partial charge in [0, 0.05) is 24.8 Å². The molecule has 0 unspecified atom stereocenters. The van der Waals surface area contributed by atoms with Gasteiger partial charge in [-0.15, -0.1) is 15.3 Å². The lowest BCUT2D eigenvalue weighted by Gasteiger charge is -2.07. The maximum Gasteiger partial charge on any atom is 0.366 e. The average Bonchev–Trinajstić information content (AvgIpc) is 3.61. The fourth-order valence-electron chi connectivity index (χ4n) is 3.92. The van der Waals surface area contributed by atoms with E-state index in [4.69, 9.17) is 14.3 Å². The molecule has 3 aromatic carbocycles. The third kappa shape index (κ3) is 6.04. The van der Waals surface area contributed by atoms with Crippen LogP contribution in [0.15, 0.2) is 72.8 Å². The van der Waals surface area contributed by atoms with Crippen molar-refractivity contribution in [3.05, 3.63) is 78.4 Å². The van der Waals surface area contributed by atoms with E-state index in [2.05, 4.69) is 20.5 Å². The predicted molar refractivity (Wildman–Crippen MR) is 145 cm³/mol. The molecule has 2 heterocycles. The molecule has 0 saturated heterocycles. The summed E-state index contributed by atoms with van der Waals surface area (Å²) in [5.41, 5.74) is 3.16. The van der Waals surface area contributed by atoms with Crippen LogP contribution in [0.2, 0.25) is 0 Å². The average molecular weight is 530 g/mol. The number of benzene rings is 3. The first-order chi connectivity index (χ1) is 18.7. The number of unbranched alkanes of at least 4 members (excludes halogenated alkanes) is 3. The summed E-state index contributed by atoms with van der Waals surface area (Å²) in [6, 6.07) is 22.2. The van der Waals surface area contributed by atoms with E-state index in [1.54, 1.807) is 31.4 Å². The van der Waals surface area contributed by atoms with Gasteiger partial charge in [0.25, 0.3) is 0 Å². The molecule has 0 spiro atoms. The Bertz CT molecular complexity index is 1500. The number of rotatable bonds is 12. The lowest BCUT2D eigenvalue weighted by molar-refractivity contribution is 0.0409. The second kappa shape index (κ2) is 12.4. The second-order valence-electron chi connectivity index (χ2n) is 8.57. The third-order valence-corrected chi connectivity index (χ3v) is 6.91. The van der Waals surface area contributed by atoms with Crippen LogP contribution in [0.3, 0.4) is 0 Å². The largest absolute Gasteiger partial charge is 0.494 e. The molecular weight excluding hydrogens is 502 g/mol. The summed E-state index contributed by atoms with van der Waals surface area (Å²) >= 11 is 1.40. The van der Waals surface area contributed by atoms with Crippen LogP contribution in [0.5, 0.6) is 5.75 Å². The van der Waals surface area contributed by atoms with Crippen molar-refractivity contribution in [2.75, 3.05) is 20.3 Å². The zero-order valence-electron chi connectivity index (χ0n) is 20.9. The molecule has 38 heavy (non-hydrogen) atoms. The van der Waals surface area contributed by atoms with Gasteiger partial charge in [-0.1, -0.05) is 52.9 Å². The highest BCUT2D eigenvalue weighted by atomic mass is 32.1. The van der Waals surface area contributed by atoms with E-state index in [9.17, 15) is 4.79 Å². The third-order valence-electron chi connectivity index (χ3n) is 5.91. The van der Waals surface area contributed by atoms with Crippen molar-refractivity contribution in [1.82, 2.24) is 25.4 Å². The summed E-state index contributed by atoms with van der Waals surface area (Å²) in [4.78, 5) is 19.7. The molecule has 5 rings (SSSR count). The van der Waals surface area contributed by atoms with E-state index in [1.165, 1.54) is 11.3 Å². The zero-order chi connectivity index (χ0) is 26.2. The number of hydrogen-bond donors (Lipinski definition) is 0. The highest BCUT2D eigenvalue weighted by Crippen LogP contribution is 2.32. The second-order valence-corrected chi connectivity index (χ2v) is 9.55. The number of fused-ring (bicyclic) bond motifs is 1. The van der Waals surface area contributed by atoms with Crippen molar-refractivity contribution < 1.29 is 19.1 Å². The molecule has 9 nitrogen and oxygen atoms in total. The number of methoxy groups -OCH3 is 1. The highest BCUT2D eigenvalue weighted by Gasteiger charge is 2.20. The van der Waals surface area contributed by atoms with Crippen molar-refractivity contribution in [1.29, 1.82) is 0 Å². The van der Waals surface area contributed by atoms with Crippen LogP contribution in [0.25, 0.3) is 32.2 Å². The molecule has 0 aliphatic heterocycles. The molecule has 0 N–H and O–H groups in total. The molecule has 0 bridgehead atoms. The fraction of sp³-hybridized carbons (Fsp3) is 0.250.